The van der Waals surface area contributed by atoms with Crippen molar-refractivity contribution >= 4 is 5.91 Å². The Morgan fingerprint density at radius 2 is 1.96 bits per heavy atom. The number of aromatic nitrogens is 1. The summed E-state index contributed by atoms with van der Waals surface area (Å²) in [4.78, 5) is 16.5. The van der Waals surface area contributed by atoms with E-state index in [4.69, 9.17) is 0 Å². The summed E-state index contributed by atoms with van der Waals surface area (Å²) in [6.45, 7) is 2.14. The third-order valence-electron chi connectivity index (χ3n) is 4.18. The lowest BCUT2D eigenvalue weighted by Crippen LogP contribution is -2.25. The molecule has 0 bridgehead atoms. The van der Waals surface area contributed by atoms with Crippen molar-refractivity contribution < 1.29 is 18.0 Å². The molecular weight excluding hydrogens is 317 g/mol. The standard InChI is InChI=1S/C18H17F3N2O/c1-11-5-4-6-12(23-11)10-22-17(24)15-9-14(15)13-7-2-3-8-16(13)18(19,20)21/h2-8,14-15H,9-10H2,1H3,(H,22,24). The van der Waals surface area contributed by atoms with Crippen LogP contribution in [0.1, 0.15) is 34.9 Å². The molecule has 0 saturated heterocycles. The van der Waals surface area contributed by atoms with Gasteiger partial charge in [0.15, 0.2) is 0 Å². The Labute approximate surface area is 137 Å². The van der Waals surface area contributed by atoms with Crippen molar-refractivity contribution in [3.63, 3.8) is 0 Å². The summed E-state index contributed by atoms with van der Waals surface area (Å²) in [5.74, 6) is -0.994. The molecule has 1 amide bonds. The summed E-state index contributed by atoms with van der Waals surface area (Å²) in [6.07, 6.45) is -3.95. The van der Waals surface area contributed by atoms with E-state index >= 15 is 0 Å². The molecule has 2 atom stereocenters. The second-order valence-corrected chi connectivity index (χ2v) is 6.02. The van der Waals surface area contributed by atoms with Crippen LogP contribution in [0.15, 0.2) is 42.5 Å². The molecule has 1 aromatic heterocycles. The molecule has 1 fully saturated rings. The normalized spacial score (nSPS) is 19.8. The lowest BCUT2D eigenvalue weighted by Gasteiger charge is -2.12. The first kappa shape index (κ1) is 16.5. The van der Waals surface area contributed by atoms with Gasteiger partial charge in [0.05, 0.1) is 17.8 Å². The minimum Gasteiger partial charge on any atom is -0.350 e. The molecule has 2 unspecified atom stereocenters. The predicted octanol–water partition coefficient (Wildman–Crippen LogP) is 3.83. The van der Waals surface area contributed by atoms with E-state index in [2.05, 4.69) is 10.3 Å². The summed E-state index contributed by atoms with van der Waals surface area (Å²) in [6, 6.07) is 11.0. The molecule has 1 saturated carbocycles. The second kappa shape index (κ2) is 6.26. The first-order valence-electron chi connectivity index (χ1n) is 7.72. The molecule has 3 nitrogen and oxygen atoms in total. The largest absolute Gasteiger partial charge is 0.416 e. The quantitative estimate of drug-likeness (QED) is 0.923. The van der Waals surface area contributed by atoms with E-state index < -0.39 is 17.7 Å². The van der Waals surface area contributed by atoms with Crippen molar-refractivity contribution in [1.82, 2.24) is 10.3 Å². The minimum absolute atomic E-state index is 0.207. The Kier molecular flexibility index (Phi) is 4.30. The van der Waals surface area contributed by atoms with Gasteiger partial charge in [0.2, 0.25) is 5.91 Å². The number of rotatable bonds is 4. The maximum Gasteiger partial charge on any atom is 0.416 e. The van der Waals surface area contributed by atoms with Crippen molar-refractivity contribution in [2.24, 2.45) is 5.92 Å². The van der Waals surface area contributed by atoms with Gasteiger partial charge >= 0.3 is 6.18 Å². The number of nitrogens with zero attached hydrogens (tertiary/aromatic N) is 1. The van der Waals surface area contributed by atoms with Crippen LogP contribution < -0.4 is 5.32 Å². The van der Waals surface area contributed by atoms with Gasteiger partial charge in [-0.05, 0) is 43.0 Å². The molecule has 0 radical (unpaired) electrons. The molecule has 3 rings (SSSR count). The second-order valence-electron chi connectivity index (χ2n) is 6.02. The first-order chi connectivity index (χ1) is 11.4. The molecule has 0 aliphatic heterocycles. The van der Waals surface area contributed by atoms with E-state index in [1.807, 2.05) is 19.1 Å². The van der Waals surface area contributed by atoms with Crippen molar-refractivity contribution in [3.05, 3.63) is 65.0 Å². The SMILES string of the molecule is Cc1cccc(CNC(=O)C2CC2c2ccccc2C(F)(F)F)n1. The topological polar surface area (TPSA) is 42.0 Å². The zero-order valence-corrected chi connectivity index (χ0v) is 13.1. The van der Waals surface area contributed by atoms with Gasteiger partial charge in [0, 0.05) is 11.6 Å². The van der Waals surface area contributed by atoms with Gasteiger partial charge in [-0.1, -0.05) is 24.3 Å². The van der Waals surface area contributed by atoms with Crippen molar-refractivity contribution in [2.45, 2.75) is 32.0 Å². The zero-order chi connectivity index (χ0) is 17.3. The van der Waals surface area contributed by atoms with Gasteiger partial charge in [-0.2, -0.15) is 13.2 Å². The fraction of sp³-hybridized carbons (Fsp3) is 0.333. The van der Waals surface area contributed by atoms with Crippen LogP contribution in [0, 0.1) is 12.8 Å². The van der Waals surface area contributed by atoms with E-state index in [9.17, 15) is 18.0 Å². The number of pyridine rings is 1. The van der Waals surface area contributed by atoms with Crippen molar-refractivity contribution in [2.75, 3.05) is 0 Å². The van der Waals surface area contributed by atoms with E-state index in [1.165, 1.54) is 12.1 Å². The summed E-state index contributed by atoms with van der Waals surface area (Å²) in [5.41, 5.74) is 1.14. The highest BCUT2D eigenvalue weighted by Gasteiger charge is 2.47. The number of hydrogen-bond acceptors (Lipinski definition) is 2. The molecule has 0 spiro atoms. The van der Waals surface area contributed by atoms with Gasteiger partial charge in [-0.3, -0.25) is 9.78 Å². The van der Waals surface area contributed by atoms with Gasteiger partial charge in [0.1, 0.15) is 0 Å². The summed E-state index contributed by atoms with van der Waals surface area (Å²) >= 11 is 0. The fourth-order valence-corrected chi connectivity index (χ4v) is 2.91. The van der Waals surface area contributed by atoms with Crippen molar-refractivity contribution in [1.29, 1.82) is 0 Å². The lowest BCUT2D eigenvalue weighted by atomic mass is 10.0. The highest BCUT2D eigenvalue weighted by Crippen LogP contribution is 2.51. The maximum atomic E-state index is 13.1. The molecule has 1 heterocycles. The smallest absolute Gasteiger partial charge is 0.350 e. The van der Waals surface area contributed by atoms with Crippen LogP contribution in [0.4, 0.5) is 13.2 Å². The number of benzene rings is 1. The molecule has 1 aromatic carbocycles. The Balaban J connectivity index is 1.64. The maximum absolute atomic E-state index is 13.1. The molecule has 126 valence electrons. The Bertz CT molecular complexity index is 758. The van der Waals surface area contributed by atoms with E-state index in [1.54, 1.807) is 12.1 Å². The number of nitrogens with one attached hydrogen (secondary N) is 1. The average molecular weight is 334 g/mol. The third kappa shape index (κ3) is 3.58. The molecule has 1 aliphatic rings. The van der Waals surface area contributed by atoms with Crippen LogP contribution in [0.25, 0.3) is 0 Å². The van der Waals surface area contributed by atoms with Gasteiger partial charge in [-0.25, -0.2) is 0 Å². The molecule has 1 aliphatic carbocycles. The number of halogens is 3. The monoisotopic (exact) mass is 334 g/mol. The van der Waals surface area contributed by atoms with Gasteiger partial charge in [0.25, 0.3) is 0 Å². The summed E-state index contributed by atoms with van der Waals surface area (Å²) in [5, 5.41) is 2.76. The van der Waals surface area contributed by atoms with Crippen LogP contribution in [-0.4, -0.2) is 10.9 Å². The average Bonchev–Trinajstić information content (AvgIpc) is 3.32. The predicted molar refractivity (Wildman–Crippen MR) is 83.1 cm³/mol. The zero-order valence-electron chi connectivity index (χ0n) is 13.1. The van der Waals surface area contributed by atoms with E-state index in [0.717, 1.165) is 17.5 Å². The fourth-order valence-electron chi connectivity index (χ4n) is 2.91. The minimum atomic E-state index is -4.40. The summed E-state index contributed by atoms with van der Waals surface area (Å²) < 4.78 is 39.2. The highest BCUT2D eigenvalue weighted by molar-refractivity contribution is 5.83. The molecular formula is C18H17F3N2O. The van der Waals surface area contributed by atoms with Crippen molar-refractivity contribution in [3.8, 4) is 0 Å². The number of carbonyl (C=O) groups excluding carboxylic acids is 1. The highest BCUT2D eigenvalue weighted by atomic mass is 19.4. The molecule has 2 aromatic rings. The number of aryl methyl sites for hydroxylation is 1. The van der Waals surface area contributed by atoms with Crippen LogP contribution in [0.5, 0.6) is 0 Å². The Morgan fingerprint density at radius 1 is 1.21 bits per heavy atom. The molecule has 24 heavy (non-hydrogen) atoms. The van der Waals surface area contributed by atoms with Gasteiger partial charge < -0.3 is 5.32 Å². The van der Waals surface area contributed by atoms with Crippen LogP contribution in [0.3, 0.4) is 0 Å². The lowest BCUT2D eigenvalue weighted by molar-refractivity contribution is -0.138. The van der Waals surface area contributed by atoms with E-state index in [0.29, 0.717) is 6.42 Å². The number of amides is 1. The number of hydrogen-bond donors (Lipinski definition) is 1. The van der Waals surface area contributed by atoms with Crippen LogP contribution in [0.2, 0.25) is 0 Å². The number of alkyl halides is 3. The van der Waals surface area contributed by atoms with Gasteiger partial charge in [-0.15, -0.1) is 0 Å². The third-order valence-corrected chi connectivity index (χ3v) is 4.18. The number of carbonyl (C=O) groups is 1. The first-order valence-corrected chi connectivity index (χ1v) is 7.72. The molecule has 6 heteroatoms. The molecule has 1 N–H and O–H groups in total. The summed E-state index contributed by atoms with van der Waals surface area (Å²) in [7, 11) is 0. The Hall–Kier alpha value is -2.37. The Morgan fingerprint density at radius 3 is 2.67 bits per heavy atom. The van der Waals surface area contributed by atoms with Crippen LogP contribution >= 0.6 is 0 Å². The van der Waals surface area contributed by atoms with E-state index in [-0.39, 0.29) is 23.9 Å². The van der Waals surface area contributed by atoms with Crippen LogP contribution in [-0.2, 0) is 17.5 Å².